The van der Waals surface area contributed by atoms with E-state index in [0.29, 0.717) is 10.9 Å². The maximum absolute atomic E-state index is 12.2. The van der Waals surface area contributed by atoms with Crippen LogP contribution in [0.5, 0.6) is 5.75 Å². The van der Waals surface area contributed by atoms with Gasteiger partial charge in [0.25, 0.3) is 10.0 Å². The normalized spacial score (nSPS) is 11.6. The molecule has 0 aliphatic rings. The molecule has 0 aliphatic carbocycles. The first kappa shape index (κ1) is 14.8. The summed E-state index contributed by atoms with van der Waals surface area (Å²) in [6.45, 7) is 5.67. The van der Waals surface area contributed by atoms with Gasteiger partial charge in [0.05, 0.1) is 11.0 Å². The average Bonchev–Trinajstić information content (AvgIpc) is 2.83. The van der Waals surface area contributed by atoms with Gasteiger partial charge in [0, 0.05) is 11.6 Å². The Hall–Kier alpha value is -1.60. The first-order valence-corrected chi connectivity index (χ1v) is 8.44. The molecule has 0 amide bonds. The minimum atomic E-state index is -3.61. The van der Waals surface area contributed by atoms with Gasteiger partial charge in [-0.15, -0.1) is 11.3 Å². The number of ether oxygens (including phenoxy) is 1. The van der Waals surface area contributed by atoms with Gasteiger partial charge < -0.3 is 4.74 Å². The third kappa shape index (κ3) is 3.49. The standard InChI is InChI=1S/C13H16N2O3S2/c1-9(2)18-12-5-4-11(8-10(12)3)20(16,17)15-13-14-6-7-19-13/h4-9H,1-3H3,(H,14,15). The van der Waals surface area contributed by atoms with Crippen molar-refractivity contribution in [3.63, 3.8) is 0 Å². The van der Waals surface area contributed by atoms with E-state index < -0.39 is 10.0 Å². The number of hydrogen-bond donors (Lipinski definition) is 1. The summed E-state index contributed by atoms with van der Waals surface area (Å²) in [5.74, 6) is 0.688. The molecule has 5 nitrogen and oxygen atoms in total. The van der Waals surface area contributed by atoms with Crippen molar-refractivity contribution >= 4 is 26.5 Å². The summed E-state index contributed by atoms with van der Waals surface area (Å²) in [5.41, 5.74) is 0.778. The number of anilines is 1. The molecule has 0 aliphatic heterocycles. The Kier molecular flexibility index (Phi) is 4.29. The molecule has 108 valence electrons. The number of hydrogen-bond acceptors (Lipinski definition) is 5. The fourth-order valence-corrected chi connectivity index (χ4v) is 3.50. The van der Waals surface area contributed by atoms with E-state index in [1.54, 1.807) is 23.7 Å². The zero-order valence-corrected chi connectivity index (χ0v) is 13.1. The zero-order valence-electron chi connectivity index (χ0n) is 11.5. The van der Waals surface area contributed by atoms with Crippen molar-refractivity contribution in [2.24, 2.45) is 0 Å². The van der Waals surface area contributed by atoms with E-state index in [4.69, 9.17) is 4.74 Å². The summed E-state index contributed by atoms with van der Waals surface area (Å²) in [7, 11) is -3.61. The largest absolute Gasteiger partial charge is 0.491 e. The molecule has 0 spiro atoms. The molecule has 0 saturated heterocycles. The number of nitrogens with zero attached hydrogens (tertiary/aromatic N) is 1. The number of benzene rings is 1. The fraction of sp³-hybridized carbons (Fsp3) is 0.308. The van der Waals surface area contributed by atoms with Gasteiger partial charge >= 0.3 is 0 Å². The van der Waals surface area contributed by atoms with E-state index in [1.807, 2.05) is 20.8 Å². The van der Waals surface area contributed by atoms with Crippen LogP contribution in [-0.4, -0.2) is 19.5 Å². The van der Waals surface area contributed by atoms with Crippen LogP contribution >= 0.6 is 11.3 Å². The second-order valence-corrected chi connectivity index (χ2v) is 7.11. The van der Waals surface area contributed by atoms with Gasteiger partial charge in [0.2, 0.25) is 0 Å². The quantitative estimate of drug-likeness (QED) is 0.921. The summed E-state index contributed by atoms with van der Waals surface area (Å²) in [6, 6.07) is 4.79. The topological polar surface area (TPSA) is 68.3 Å². The lowest BCUT2D eigenvalue weighted by Gasteiger charge is -2.13. The van der Waals surface area contributed by atoms with E-state index >= 15 is 0 Å². The van der Waals surface area contributed by atoms with Crippen LogP contribution in [0.3, 0.4) is 0 Å². The van der Waals surface area contributed by atoms with Crippen molar-refractivity contribution in [1.29, 1.82) is 0 Å². The SMILES string of the molecule is Cc1cc(S(=O)(=O)Nc2nccs2)ccc1OC(C)C. The molecule has 0 bridgehead atoms. The Morgan fingerprint density at radius 2 is 2.10 bits per heavy atom. The average molecular weight is 312 g/mol. The van der Waals surface area contributed by atoms with Crippen molar-refractivity contribution in [2.45, 2.75) is 31.8 Å². The third-order valence-electron chi connectivity index (χ3n) is 2.47. The highest BCUT2D eigenvalue weighted by Crippen LogP contribution is 2.24. The highest BCUT2D eigenvalue weighted by Gasteiger charge is 2.17. The number of aromatic nitrogens is 1. The van der Waals surface area contributed by atoms with Crippen molar-refractivity contribution in [3.8, 4) is 5.75 Å². The lowest BCUT2D eigenvalue weighted by Crippen LogP contribution is -2.13. The maximum atomic E-state index is 12.2. The summed E-state index contributed by atoms with van der Waals surface area (Å²) in [4.78, 5) is 4.11. The first-order chi connectivity index (χ1) is 9.38. The van der Waals surface area contributed by atoms with Crippen LogP contribution in [0.25, 0.3) is 0 Å². The van der Waals surface area contributed by atoms with E-state index in [0.717, 1.165) is 5.56 Å². The summed E-state index contributed by atoms with van der Waals surface area (Å²) in [5, 5.41) is 2.06. The number of nitrogens with one attached hydrogen (secondary N) is 1. The lowest BCUT2D eigenvalue weighted by atomic mass is 10.2. The molecule has 1 N–H and O–H groups in total. The van der Waals surface area contributed by atoms with Crippen LogP contribution in [0.2, 0.25) is 0 Å². The van der Waals surface area contributed by atoms with Gasteiger partial charge in [0.15, 0.2) is 5.13 Å². The highest BCUT2D eigenvalue weighted by molar-refractivity contribution is 7.93. The second kappa shape index (κ2) is 5.80. The van der Waals surface area contributed by atoms with Gasteiger partial charge in [-0.05, 0) is 44.5 Å². The number of aryl methyl sites for hydroxylation is 1. The minimum absolute atomic E-state index is 0.0459. The van der Waals surface area contributed by atoms with Gasteiger partial charge in [-0.3, -0.25) is 4.72 Å². The van der Waals surface area contributed by atoms with E-state index in [9.17, 15) is 8.42 Å². The fourth-order valence-electron chi connectivity index (χ4n) is 1.62. The van der Waals surface area contributed by atoms with Crippen LogP contribution in [-0.2, 0) is 10.0 Å². The molecular weight excluding hydrogens is 296 g/mol. The molecule has 1 heterocycles. The highest BCUT2D eigenvalue weighted by atomic mass is 32.2. The van der Waals surface area contributed by atoms with Gasteiger partial charge in [-0.2, -0.15) is 0 Å². The molecule has 1 aromatic heterocycles. The smallest absolute Gasteiger partial charge is 0.263 e. The summed E-state index contributed by atoms with van der Waals surface area (Å²) in [6.07, 6.45) is 1.59. The minimum Gasteiger partial charge on any atom is -0.491 e. The molecule has 0 unspecified atom stereocenters. The molecule has 0 atom stereocenters. The van der Waals surface area contributed by atoms with Crippen LogP contribution in [0.4, 0.5) is 5.13 Å². The van der Waals surface area contributed by atoms with Gasteiger partial charge in [-0.25, -0.2) is 13.4 Å². The summed E-state index contributed by atoms with van der Waals surface area (Å²) >= 11 is 1.23. The zero-order chi connectivity index (χ0) is 14.8. The molecule has 0 radical (unpaired) electrons. The summed E-state index contributed by atoms with van der Waals surface area (Å²) < 4.78 is 32.4. The Morgan fingerprint density at radius 1 is 1.35 bits per heavy atom. The Labute approximate surface area is 122 Å². The predicted molar refractivity (Wildman–Crippen MR) is 79.9 cm³/mol. The number of sulfonamides is 1. The molecule has 0 fully saturated rings. The molecule has 2 aromatic rings. The lowest BCUT2D eigenvalue weighted by molar-refractivity contribution is 0.240. The Bertz CT molecular complexity index is 680. The van der Waals surface area contributed by atoms with Crippen LogP contribution < -0.4 is 9.46 Å². The van der Waals surface area contributed by atoms with Crippen LogP contribution in [0, 0.1) is 6.92 Å². The maximum Gasteiger partial charge on any atom is 0.263 e. The molecule has 1 aromatic carbocycles. The van der Waals surface area contributed by atoms with Crippen LogP contribution in [0.1, 0.15) is 19.4 Å². The van der Waals surface area contributed by atoms with Crippen molar-refractivity contribution < 1.29 is 13.2 Å². The molecular formula is C13H16N2O3S2. The monoisotopic (exact) mass is 312 g/mol. The Balaban J connectivity index is 2.26. The second-order valence-electron chi connectivity index (χ2n) is 4.54. The first-order valence-electron chi connectivity index (χ1n) is 6.08. The van der Waals surface area contributed by atoms with Gasteiger partial charge in [-0.1, -0.05) is 0 Å². The van der Waals surface area contributed by atoms with Crippen molar-refractivity contribution in [1.82, 2.24) is 4.98 Å². The van der Waals surface area contributed by atoms with E-state index in [-0.39, 0.29) is 11.0 Å². The molecule has 0 saturated carbocycles. The number of thiazole rings is 1. The van der Waals surface area contributed by atoms with E-state index in [1.165, 1.54) is 17.4 Å². The molecule has 7 heteroatoms. The molecule has 2 rings (SSSR count). The van der Waals surface area contributed by atoms with Gasteiger partial charge in [0.1, 0.15) is 5.75 Å². The molecule has 20 heavy (non-hydrogen) atoms. The Morgan fingerprint density at radius 3 is 2.65 bits per heavy atom. The van der Waals surface area contributed by atoms with Crippen molar-refractivity contribution in [2.75, 3.05) is 4.72 Å². The number of rotatable bonds is 5. The van der Waals surface area contributed by atoms with E-state index in [2.05, 4.69) is 9.71 Å². The van der Waals surface area contributed by atoms with Crippen LogP contribution in [0.15, 0.2) is 34.7 Å². The van der Waals surface area contributed by atoms with Crippen molar-refractivity contribution in [3.05, 3.63) is 35.3 Å². The third-order valence-corrected chi connectivity index (χ3v) is 4.63. The predicted octanol–water partition coefficient (Wildman–Crippen LogP) is 3.04.